The van der Waals surface area contributed by atoms with Gasteiger partial charge in [-0.3, -0.25) is 4.79 Å². The second kappa shape index (κ2) is 6.16. The summed E-state index contributed by atoms with van der Waals surface area (Å²) in [6.07, 6.45) is 1.60. The minimum Gasteiger partial charge on any atom is -0.267 e. The van der Waals surface area contributed by atoms with Crippen molar-refractivity contribution < 1.29 is 4.79 Å². The second-order valence-electron chi connectivity index (χ2n) is 4.12. The van der Waals surface area contributed by atoms with Crippen molar-refractivity contribution in [2.45, 2.75) is 6.92 Å². The number of amides is 1. The van der Waals surface area contributed by atoms with Crippen LogP contribution in [0, 0.1) is 6.92 Å². The van der Waals surface area contributed by atoms with E-state index in [4.69, 9.17) is 11.6 Å². The number of aryl methyl sites for hydroxylation is 1. The quantitative estimate of drug-likeness (QED) is 0.675. The molecule has 1 amide bonds. The molecule has 0 radical (unpaired) electrons. The van der Waals surface area contributed by atoms with Crippen LogP contribution in [0.3, 0.4) is 0 Å². The van der Waals surface area contributed by atoms with Crippen LogP contribution in [0.25, 0.3) is 0 Å². The van der Waals surface area contributed by atoms with Crippen molar-refractivity contribution in [2.24, 2.45) is 5.10 Å². The lowest BCUT2D eigenvalue weighted by Crippen LogP contribution is -2.17. The molecule has 2 aromatic carbocycles. The van der Waals surface area contributed by atoms with Crippen LogP contribution in [0.2, 0.25) is 5.02 Å². The highest BCUT2D eigenvalue weighted by Gasteiger charge is 2.02. The van der Waals surface area contributed by atoms with Gasteiger partial charge in [0.05, 0.1) is 6.21 Å². The van der Waals surface area contributed by atoms with Crippen LogP contribution in [0.5, 0.6) is 0 Å². The number of benzene rings is 2. The van der Waals surface area contributed by atoms with E-state index in [1.807, 2.05) is 31.2 Å². The van der Waals surface area contributed by atoms with Gasteiger partial charge in [-0.1, -0.05) is 41.4 Å². The van der Waals surface area contributed by atoms with Gasteiger partial charge in [0.25, 0.3) is 5.91 Å². The molecule has 0 saturated heterocycles. The molecular weight excluding hydrogens is 260 g/mol. The van der Waals surface area contributed by atoms with Gasteiger partial charge in [-0.25, -0.2) is 5.43 Å². The Balaban J connectivity index is 1.96. The third-order valence-electron chi connectivity index (χ3n) is 2.56. The molecule has 0 aliphatic carbocycles. The van der Waals surface area contributed by atoms with Gasteiger partial charge in [0, 0.05) is 10.6 Å². The Morgan fingerprint density at radius 2 is 1.74 bits per heavy atom. The number of rotatable bonds is 3. The summed E-state index contributed by atoms with van der Waals surface area (Å²) < 4.78 is 0. The number of hydrazone groups is 1. The first kappa shape index (κ1) is 13.3. The maximum atomic E-state index is 11.7. The number of carbonyl (C=O) groups is 1. The van der Waals surface area contributed by atoms with Crippen LogP contribution in [0.1, 0.15) is 21.5 Å². The third-order valence-corrected chi connectivity index (χ3v) is 2.82. The molecular formula is C15H13ClN2O. The minimum absolute atomic E-state index is 0.264. The van der Waals surface area contributed by atoms with Crippen LogP contribution in [-0.4, -0.2) is 12.1 Å². The fraction of sp³-hybridized carbons (Fsp3) is 0.0667. The molecule has 19 heavy (non-hydrogen) atoms. The Kier molecular flexibility index (Phi) is 4.31. The van der Waals surface area contributed by atoms with Crippen LogP contribution in [0.4, 0.5) is 0 Å². The summed E-state index contributed by atoms with van der Waals surface area (Å²) in [4.78, 5) is 11.7. The smallest absolute Gasteiger partial charge is 0.267 e. The van der Waals surface area contributed by atoms with Gasteiger partial charge in [0.1, 0.15) is 0 Å². The number of nitrogens with zero attached hydrogens (tertiary/aromatic N) is 1. The fourth-order valence-corrected chi connectivity index (χ4v) is 1.61. The summed E-state index contributed by atoms with van der Waals surface area (Å²) in [7, 11) is 0. The van der Waals surface area contributed by atoms with E-state index in [1.54, 1.807) is 30.5 Å². The Morgan fingerprint density at radius 3 is 2.37 bits per heavy atom. The molecule has 0 unspecified atom stereocenters. The van der Waals surface area contributed by atoms with Gasteiger partial charge in [0.2, 0.25) is 0 Å². The summed E-state index contributed by atoms with van der Waals surface area (Å²) in [5.74, 6) is -0.264. The van der Waals surface area contributed by atoms with E-state index >= 15 is 0 Å². The first-order valence-corrected chi connectivity index (χ1v) is 6.18. The summed E-state index contributed by atoms with van der Waals surface area (Å²) in [5.41, 5.74) is 5.10. The lowest BCUT2D eigenvalue weighted by molar-refractivity contribution is 0.0955. The Bertz CT molecular complexity index is 589. The molecule has 0 saturated carbocycles. The van der Waals surface area contributed by atoms with Crippen molar-refractivity contribution in [2.75, 3.05) is 0 Å². The zero-order chi connectivity index (χ0) is 13.7. The molecule has 1 N–H and O–H groups in total. The van der Waals surface area contributed by atoms with E-state index in [0.717, 1.165) is 5.56 Å². The van der Waals surface area contributed by atoms with Gasteiger partial charge >= 0.3 is 0 Å². The van der Waals surface area contributed by atoms with E-state index in [1.165, 1.54) is 5.56 Å². The molecule has 0 aliphatic rings. The first-order chi connectivity index (χ1) is 9.15. The van der Waals surface area contributed by atoms with Crippen LogP contribution < -0.4 is 5.43 Å². The molecule has 2 rings (SSSR count). The van der Waals surface area contributed by atoms with Gasteiger partial charge in [-0.2, -0.15) is 5.10 Å². The van der Waals surface area contributed by atoms with E-state index in [2.05, 4.69) is 10.5 Å². The van der Waals surface area contributed by atoms with Crippen molar-refractivity contribution in [3.63, 3.8) is 0 Å². The fourth-order valence-electron chi connectivity index (χ4n) is 1.48. The maximum absolute atomic E-state index is 11.7. The molecule has 2 aromatic rings. The van der Waals surface area contributed by atoms with E-state index in [-0.39, 0.29) is 5.91 Å². The topological polar surface area (TPSA) is 41.5 Å². The van der Waals surface area contributed by atoms with Crippen molar-refractivity contribution in [1.82, 2.24) is 5.43 Å². The molecule has 0 heterocycles. The second-order valence-corrected chi connectivity index (χ2v) is 4.55. The number of nitrogens with one attached hydrogen (secondary N) is 1. The lowest BCUT2D eigenvalue weighted by atomic mass is 10.2. The normalized spacial score (nSPS) is 10.6. The van der Waals surface area contributed by atoms with E-state index in [9.17, 15) is 4.79 Å². The van der Waals surface area contributed by atoms with Crippen molar-refractivity contribution >= 4 is 23.7 Å². The highest BCUT2D eigenvalue weighted by Crippen LogP contribution is 2.09. The van der Waals surface area contributed by atoms with Gasteiger partial charge in [-0.15, -0.1) is 0 Å². The highest BCUT2D eigenvalue weighted by molar-refractivity contribution is 6.30. The van der Waals surface area contributed by atoms with Gasteiger partial charge < -0.3 is 0 Å². The Morgan fingerprint density at radius 1 is 1.11 bits per heavy atom. The average molecular weight is 273 g/mol. The van der Waals surface area contributed by atoms with Crippen molar-refractivity contribution in [1.29, 1.82) is 0 Å². The van der Waals surface area contributed by atoms with Crippen LogP contribution >= 0.6 is 11.6 Å². The average Bonchev–Trinajstić information content (AvgIpc) is 2.41. The van der Waals surface area contributed by atoms with Crippen molar-refractivity contribution in [3.8, 4) is 0 Å². The minimum atomic E-state index is -0.264. The van der Waals surface area contributed by atoms with Crippen LogP contribution in [-0.2, 0) is 0 Å². The van der Waals surface area contributed by atoms with E-state index in [0.29, 0.717) is 10.6 Å². The Hall–Kier alpha value is -2.13. The number of hydrogen-bond donors (Lipinski definition) is 1. The molecule has 0 atom stereocenters. The molecule has 4 heteroatoms. The number of carbonyl (C=O) groups excluding carboxylic acids is 1. The molecule has 0 spiro atoms. The predicted molar refractivity (Wildman–Crippen MR) is 77.7 cm³/mol. The van der Waals surface area contributed by atoms with E-state index < -0.39 is 0 Å². The standard InChI is InChI=1S/C15H13ClN2O/c1-11-2-4-12(5-3-11)10-17-18-15(19)13-6-8-14(16)9-7-13/h2-10H,1H3,(H,18,19)/b17-10+. The van der Waals surface area contributed by atoms with Crippen molar-refractivity contribution in [3.05, 3.63) is 70.2 Å². The first-order valence-electron chi connectivity index (χ1n) is 5.81. The van der Waals surface area contributed by atoms with Crippen LogP contribution in [0.15, 0.2) is 53.6 Å². The molecule has 0 fully saturated rings. The van der Waals surface area contributed by atoms with Gasteiger partial charge in [-0.05, 0) is 36.8 Å². The molecule has 0 bridgehead atoms. The zero-order valence-corrected chi connectivity index (χ0v) is 11.2. The summed E-state index contributed by atoms with van der Waals surface area (Å²) in [6, 6.07) is 14.5. The highest BCUT2D eigenvalue weighted by atomic mass is 35.5. The summed E-state index contributed by atoms with van der Waals surface area (Å²) >= 11 is 5.75. The predicted octanol–water partition coefficient (Wildman–Crippen LogP) is 3.41. The van der Waals surface area contributed by atoms with Gasteiger partial charge in [0.15, 0.2) is 0 Å². The summed E-state index contributed by atoms with van der Waals surface area (Å²) in [6.45, 7) is 2.02. The number of hydrogen-bond acceptors (Lipinski definition) is 2. The Labute approximate surface area is 116 Å². The molecule has 3 nitrogen and oxygen atoms in total. The summed E-state index contributed by atoms with van der Waals surface area (Å²) in [5, 5.41) is 4.51. The monoisotopic (exact) mass is 272 g/mol. The zero-order valence-electron chi connectivity index (χ0n) is 10.4. The molecule has 0 aromatic heterocycles. The third kappa shape index (κ3) is 3.93. The molecule has 96 valence electrons. The number of halogens is 1. The maximum Gasteiger partial charge on any atom is 0.271 e. The SMILES string of the molecule is Cc1ccc(/C=N/NC(=O)c2ccc(Cl)cc2)cc1. The largest absolute Gasteiger partial charge is 0.271 e. The lowest BCUT2D eigenvalue weighted by Gasteiger charge is -1.99. The molecule has 0 aliphatic heterocycles.